The first-order chi connectivity index (χ1) is 10.2. The molecule has 0 radical (unpaired) electrons. The average Bonchev–Trinajstić information content (AvgIpc) is 2.52. The van der Waals surface area contributed by atoms with E-state index >= 15 is 0 Å². The Kier molecular flexibility index (Phi) is 5.43. The highest BCUT2D eigenvalue weighted by Gasteiger charge is 2.20. The standard InChI is InChI=1S/C13H17N5O3/c14-10-11-2-4-16-13(12(11)18(19)20)15-3-1-5-17-6-8-21-9-7-17/h2,4H,1,3,5-9H2,(H,15,16). The summed E-state index contributed by atoms with van der Waals surface area (Å²) in [4.78, 5) is 16.7. The van der Waals surface area contributed by atoms with E-state index in [1.54, 1.807) is 0 Å². The molecule has 112 valence electrons. The first-order valence-corrected chi connectivity index (χ1v) is 6.80. The van der Waals surface area contributed by atoms with Gasteiger partial charge in [0.25, 0.3) is 0 Å². The van der Waals surface area contributed by atoms with E-state index < -0.39 is 4.92 Å². The van der Waals surface area contributed by atoms with Crippen LogP contribution in [0.2, 0.25) is 0 Å². The molecule has 8 heteroatoms. The van der Waals surface area contributed by atoms with Crippen LogP contribution in [0.3, 0.4) is 0 Å². The van der Waals surface area contributed by atoms with Crippen LogP contribution < -0.4 is 5.32 Å². The van der Waals surface area contributed by atoms with Crippen molar-refractivity contribution in [2.24, 2.45) is 0 Å². The summed E-state index contributed by atoms with van der Waals surface area (Å²) in [5.41, 5.74) is -0.239. The molecule has 1 aromatic rings. The molecular formula is C13H17N5O3. The zero-order chi connectivity index (χ0) is 15.1. The number of nitrogens with one attached hydrogen (secondary N) is 1. The van der Waals surface area contributed by atoms with Crippen LogP contribution in [0.1, 0.15) is 12.0 Å². The summed E-state index contributed by atoms with van der Waals surface area (Å²) in [7, 11) is 0. The second kappa shape index (κ2) is 7.52. The van der Waals surface area contributed by atoms with Crippen molar-refractivity contribution < 1.29 is 9.66 Å². The third-order valence-electron chi connectivity index (χ3n) is 3.27. The number of hydrogen-bond acceptors (Lipinski definition) is 7. The molecule has 8 nitrogen and oxygen atoms in total. The smallest absolute Gasteiger partial charge is 0.328 e. The second-order valence-corrected chi connectivity index (χ2v) is 4.66. The first kappa shape index (κ1) is 15.2. The van der Waals surface area contributed by atoms with Crippen LogP contribution in [-0.2, 0) is 4.74 Å². The van der Waals surface area contributed by atoms with Gasteiger partial charge in [-0.1, -0.05) is 0 Å². The van der Waals surface area contributed by atoms with Gasteiger partial charge in [0.05, 0.1) is 18.1 Å². The van der Waals surface area contributed by atoms with E-state index in [1.165, 1.54) is 12.3 Å². The quantitative estimate of drug-likeness (QED) is 0.473. The second-order valence-electron chi connectivity index (χ2n) is 4.66. The van der Waals surface area contributed by atoms with Gasteiger partial charge in [-0.25, -0.2) is 4.98 Å². The van der Waals surface area contributed by atoms with Gasteiger partial charge in [0.15, 0.2) is 0 Å². The fraction of sp³-hybridized carbons (Fsp3) is 0.538. The summed E-state index contributed by atoms with van der Waals surface area (Å²) in [6.45, 7) is 4.82. The Balaban J connectivity index is 1.88. The van der Waals surface area contributed by atoms with Crippen LogP contribution in [0.15, 0.2) is 12.3 Å². The number of ether oxygens (including phenoxy) is 1. The maximum absolute atomic E-state index is 11.0. The predicted molar refractivity (Wildman–Crippen MR) is 76.0 cm³/mol. The molecule has 2 rings (SSSR count). The lowest BCUT2D eigenvalue weighted by molar-refractivity contribution is -0.384. The first-order valence-electron chi connectivity index (χ1n) is 6.80. The summed E-state index contributed by atoms with van der Waals surface area (Å²) in [5, 5.41) is 22.9. The third kappa shape index (κ3) is 4.11. The molecule has 1 saturated heterocycles. The summed E-state index contributed by atoms with van der Waals surface area (Å²) < 4.78 is 5.27. The van der Waals surface area contributed by atoms with E-state index in [4.69, 9.17) is 10.00 Å². The molecule has 0 atom stereocenters. The molecule has 0 amide bonds. The molecule has 1 N–H and O–H groups in total. The number of nitrogens with zero attached hydrogens (tertiary/aromatic N) is 4. The normalized spacial score (nSPS) is 15.4. The monoisotopic (exact) mass is 291 g/mol. The Hall–Kier alpha value is -2.24. The Morgan fingerprint density at radius 2 is 2.29 bits per heavy atom. The number of morpholine rings is 1. The molecule has 0 aliphatic carbocycles. The minimum Gasteiger partial charge on any atom is -0.379 e. The highest BCUT2D eigenvalue weighted by Crippen LogP contribution is 2.25. The van der Waals surface area contributed by atoms with Crippen molar-refractivity contribution in [1.82, 2.24) is 9.88 Å². The minimum atomic E-state index is -0.574. The van der Waals surface area contributed by atoms with Gasteiger partial charge in [0.1, 0.15) is 11.6 Å². The van der Waals surface area contributed by atoms with Gasteiger partial charge in [0, 0.05) is 25.8 Å². The van der Waals surface area contributed by atoms with Crippen molar-refractivity contribution in [3.8, 4) is 6.07 Å². The SMILES string of the molecule is N#Cc1ccnc(NCCCN2CCOCC2)c1[N+](=O)[O-]. The van der Waals surface area contributed by atoms with Crippen molar-refractivity contribution in [3.63, 3.8) is 0 Å². The van der Waals surface area contributed by atoms with Crippen molar-refractivity contribution in [3.05, 3.63) is 27.9 Å². The molecule has 0 unspecified atom stereocenters. The highest BCUT2D eigenvalue weighted by atomic mass is 16.6. The van der Waals surface area contributed by atoms with E-state index in [0.29, 0.717) is 6.54 Å². The molecule has 2 heterocycles. The largest absolute Gasteiger partial charge is 0.379 e. The van der Waals surface area contributed by atoms with Crippen molar-refractivity contribution in [2.75, 3.05) is 44.7 Å². The maximum Gasteiger partial charge on any atom is 0.328 e. The van der Waals surface area contributed by atoms with Crippen LogP contribution in [0.4, 0.5) is 11.5 Å². The molecule has 1 fully saturated rings. The predicted octanol–water partition coefficient (Wildman–Crippen LogP) is 0.996. The van der Waals surface area contributed by atoms with Gasteiger partial charge in [0.2, 0.25) is 5.82 Å². The number of pyridine rings is 1. The average molecular weight is 291 g/mol. The molecule has 0 saturated carbocycles. The van der Waals surface area contributed by atoms with Crippen LogP contribution in [0, 0.1) is 21.4 Å². The summed E-state index contributed by atoms with van der Waals surface area (Å²) in [5.74, 6) is 0.154. The summed E-state index contributed by atoms with van der Waals surface area (Å²) in [6, 6.07) is 3.16. The van der Waals surface area contributed by atoms with Crippen LogP contribution in [-0.4, -0.2) is 54.2 Å². The molecule has 1 aromatic heterocycles. The Labute approximate surface area is 122 Å². The van der Waals surface area contributed by atoms with E-state index in [9.17, 15) is 10.1 Å². The molecule has 1 aliphatic rings. The number of nitro groups is 1. The van der Waals surface area contributed by atoms with Gasteiger partial charge in [-0.15, -0.1) is 0 Å². The molecule has 0 spiro atoms. The molecule has 0 aromatic carbocycles. The zero-order valence-electron chi connectivity index (χ0n) is 11.6. The van der Waals surface area contributed by atoms with Gasteiger partial charge in [-0.3, -0.25) is 15.0 Å². The van der Waals surface area contributed by atoms with E-state index in [-0.39, 0.29) is 17.1 Å². The maximum atomic E-state index is 11.0. The third-order valence-corrected chi connectivity index (χ3v) is 3.27. The number of rotatable bonds is 6. The van der Waals surface area contributed by atoms with E-state index in [2.05, 4.69) is 15.2 Å². The lowest BCUT2D eigenvalue weighted by atomic mass is 10.2. The number of aromatic nitrogens is 1. The van der Waals surface area contributed by atoms with Gasteiger partial charge >= 0.3 is 5.69 Å². The van der Waals surface area contributed by atoms with E-state index in [1.807, 2.05) is 6.07 Å². The number of nitriles is 1. The lowest BCUT2D eigenvalue weighted by Gasteiger charge is -2.26. The van der Waals surface area contributed by atoms with Crippen LogP contribution >= 0.6 is 0 Å². The molecule has 21 heavy (non-hydrogen) atoms. The molecule has 1 aliphatic heterocycles. The van der Waals surface area contributed by atoms with Crippen LogP contribution in [0.5, 0.6) is 0 Å². The van der Waals surface area contributed by atoms with Crippen molar-refractivity contribution in [1.29, 1.82) is 5.26 Å². The number of anilines is 1. The topological polar surface area (TPSA) is 104 Å². The fourth-order valence-corrected chi connectivity index (χ4v) is 2.19. The van der Waals surface area contributed by atoms with Crippen molar-refractivity contribution in [2.45, 2.75) is 6.42 Å². The summed E-state index contributed by atoms with van der Waals surface area (Å²) >= 11 is 0. The number of hydrogen-bond donors (Lipinski definition) is 1. The van der Waals surface area contributed by atoms with Crippen molar-refractivity contribution >= 4 is 11.5 Å². The van der Waals surface area contributed by atoms with Gasteiger partial charge < -0.3 is 10.1 Å². The van der Waals surface area contributed by atoms with Gasteiger partial charge in [-0.05, 0) is 19.0 Å². The lowest BCUT2D eigenvalue weighted by Crippen LogP contribution is -2.37. The Bertz CT molecular complexity index is 537. The Morgan fingerprint density at radius 1 is 1.52 bits per heavy atom. The zero-order valence-corrected chi connectivity index (χ0v) is 11.6. The fourth-order valence-electron chi connectivity index (χ4n) is 2.19. The van der Waals surface area contributed by atoms with E-state index in [0.717, 1.165) is 39.3 Å². The Morgan fingerprint density at radius 3 is 2.95 bits per heavy atom. The summed E-state index contributed by atoms with van der Waals surface area (Å²) in [6.07, 6.45) is 2.24. The van der Waals surface area contributed by atoms with Crippen LogP contribution in [0.25, 0.3) is 0 Å². The minimum absolute atomic E-state index is 0.0191. The van der Waals surface area contributed by atoms with Gasteiger partial charge in [-0.2, -0.15) is 5.26 Å². The molecular weight excluding hydrogens is 274 g/mol. The molecule has 0 bridgehead atoms. The highest BCUT2D eigenvalue weighted by molar-refractivity contribution is 5.63.